The van der Waals surface area contributed by atoms with E-state index >= 15 is 0 Å². The molecule has 0 N–H and O–H groups in total. The summed E-state index contributed by atoms with van der Waals surface area (Å²) in [6.07, 6.45) is 6.68. The van der Waals surface area contributed by atoms with Gasteiger partial charge in [-0.1, -0.05) is 6.92 Å². The van der Waals surface area contributed by atoms with Crippen LogP contribution in [0.3, 0.4) is 0 Å². The zero-order chi connectivity index (χ0) is 18.5. The van der Waals surface area contributed by atoms with Gasteiger partial charge >= 0.3 is 0 Å². The summed E-state index contributed by atoms with van der Waals surface area (Å²) in [7, 11) is 1.82. The van der Waals surface area contributed by atoms with Crippen LogP contribution in [0.15, 0.2) is 30.6 Å². The van der Waals surface area contributed by atoms with Crippen LogP contribution in [0.25, 0.3) is 0 Å². The third kappa shape index (κ3) is 4.56. The number of aryl methyl sites for hydroxylation is 1. The van der Waals surface area contributed by atoms with Crippen LogP contribution in [-0.2, 0) is 6.42 Å². The third-order valence-electron chi connectivity index (χ3n) is 4.98. The molecule has 2 aromatic rings. The van der Waals surface area contributed by atoms with Crippen molar-refractivity contribution in [3.8, 4) is 0 Å². The Balaban J connectivity index is 1.68. The van der Waals surface area contributed by atoms with E-state index in [4.69, 9.17) is 0 Å². The van der Waals surface area contributed by atoms with Crippen molar-refractivity contribution in [3.05, 3.63) is 47.7 Å². The maximum Gasteiger partial charge on any atom is 0.272 e. The minimum Gasteiger partial charge on any atom is -0.356 e. The zero-order valence-corrected chi connectivity index (χ0v) is 15.9. The summed E-state index contributed by atoms with van der Waals surface area (Å²) < 4.78 is 0. The Morgan fingerprint density at radius 1 is 1.23 bits per heavy atom. The molecule has 3 heterocycles. The lowest BCUT2D eigenvalue weighted by Gasteiger charge is -2.31. The fourth-order valence-electron chi connectivity index (χ4n) is 3.20. The van der Waals surface area contributed by atoms with Crippen molar-refractivity contribution in [3.63, 3.8) is 0 Å². The summed E-state index contributed by atoms with van der Waals surface area (Å²) in [5, 5.41) is 0. The predicted octanol–water partition coefficient (Wildman–Crippen LogP) is 2.73. The minimum absolute atomic E-state index is 0.0591. The van der Waals surface area contributed by atoms with Gasteiger partial charge in [-0.05, 0) is 49.8 Å². The molecule has 0 bridgehead atoms. The fourth-order valence-corrected chi connectivity index (χ4v) is 3.20. The number of aromatic nitrogens is 3. The Morgan fingerprint density at radius 3 is 2.62 bits per heavy atom. The highest BCUT2D eigenvalue weighted by Gasteiger charge is 2.20. The van der Waals surface area contributed by atoms with Crippen molar-refractivity contribution in [1.29, 1.82) is 0 Å². The Labute approximate surface area is 155 Å². The van der Waals surface area contributed by atoms with E-state index in [9.17, 15) is 4.79 Å². The van der Waals surface area contributed by atoms with Crippen LogP contribution in [0.5, 0.6) is 0 Å². The number of hydrogen-bond acceptors (Lipinski definition) is 5. The first-order chi connectivity index (χ1) is 12.5. The van der Waals surface area contributed by atoms with Gasteiger partial charge in [-0.15, -0.1) is 0 Å². The standard InChI is InChI=1S/C20H27N5O/c1-15-6-12-25(13-7-15)19-14-18(22-16(2)23-19)20(26)24(3)11-8-17-4-9-21-10-5-17/h4-5,9-10,14-15H,6-8,11-13H2,1-3H3. The molecule has 1 aliphatic heterocycles. The van der Waals surface area contributed by atoms with Gasteiger partial charge in [0, 0.05) is 45.1 Å². The molecular formula is C20H27N5O. The van der Waals surface area contributed by atoms with Gasteiger partial charge in [0.25, 0.3) is 5.91 Å². The number of carbonyl (C=O) groups is 1. The van der Waals surface area contributed by atoms with Crippen molar-refractivity contribution < 1.29 is 4.79 Å². The largest absolute Gasteiger partial charge is 0.356 e. The van der Waals surface area contributed by atoms with E-state index in [-0.39, 0.29) is 5.91 Å². The highest BCUT2D eigenvalue weighted by molar-refractivity contribution is 5.92. The maximum absolute atomic E-state index is 12.8. The maximum atomic E-state index is 12.8. The lowest BCUT2D eigenvalue weighted by atomic mass is 9.99. The molecule has 26 heavy (non-hydrogen) atoms. The molecule has 2 aromatic heterocycles. The smallest absolute Gasteiger partial charge is 0.272 e. The monoisotopic (exact) mass is 353 g/mol. The molecule has 6 nitrogen and oxygen atoms in total. The van der Waals surface area contributed by atoms with Gasteiger partial charge in [-0.2, -0.15) is 0 Å². The summed E-state index contributed by atoms with van der Waals surface area (Å²) in [4.78, 5) is 29.8. The van der Waals surface area contributed by atoms with E-state index in [0.29, 0.717) is 18.1 Å². The molecule has 0 spiro atoms. The number of likely N-dealkylation sites (N-methyl/N-ethyl adjacent to an activating group) is 1. The third-order valence-corrected chi connectivity index (χ3v) is 4.98. The second-order valence-electron chi connectivity index (χ2n) is 7.16. The highest BCUT2D eigenvalue weighted by atomic mass is 16.2. The van der Waals surface area contributed by atoms with Crippen molar-refractivity contribution in [2.45, 2.75) is 33.1 Å². The van der Waals surface area contributed by atoms with Crippen molar-refractivity contribution in [1.82, 2.24) is 19.9 Å². The van der Waals surface area contributed by atoms with Gasteiger partial charge in [-0.25, -0.2) is 9.97 Å². The number of carbonyl (C=O) groups excluding carboxylic acids is 1. The first-order valence-corrected chi connectivity index (χ1v) is 9.28. The second-order valence-corrected chi connectivity index (χ2v) is 7.16. The Hall–Kier alpha value is -2.50. The molecule has 0 aromatic carbocycles. The topological polar surface area (TPSA) is 62.2 Å². The normalized spacial score (nSPS) is 15.1. The predicted molar refractivity (Wildman–Crippen MR) is 102 cm³/mol. The molecule has 1 saturated heterocycles. The number of rotatable bonds is 5. The minimum atomic E-state index is -0.0591. The molecule has 6 heteroatoms. The van der Waals surface area contributed by atoms with Crippen molar-refractivity contribution >= 4 is 11.7 Å². The van der Waals surface area contributed by atoms with Crippen LogP contribution in [0.2, 0.25) is 0 Å². The number of anilines is 1. The van der Waals surface area contributed by atoms with Crippen LogP contribution >= 0.6 is 0 Å². The average molecular weight is 353 g/mol. The number of amides is 1. The van der Waals surface area contributed by atoms with Gasteiger partial charge in [0.05, 0.1) is 0 Å². The highest BCUT2D eigenvalue weighted by Crippen LogP contribution is 2.22. The van der Waals surface area contributed by atoms with Gasteiger partial charge in [0.2, 0.25) is 0 Å². The first-order valence-electron chi connectivity index (χ1n) is 9.28. The van der Waals surface area contributed by atoms with E-state index in [1.54, 1.807) is 17.3 Å². The van der Waals surface area contributed by atoms with E-state index in [1.807, 2.05) is 32.2 Å². The van der Waals surface area contributed by atoms with Crippen LogP contribution in [-0.4, -0.2) is 52.4 Å². The van der Waals surface area contributed by atoms with Crippen LogP contribution in [0.1, 0.15) is 41.6 Å². The van der Waals surface area contributed by atoms with Gasteiger partial charge in [0.15, 0.2) is 0 Å². The SMILES string of the molecule is Cc1nc(C(=O)N(C)CCc2ccncc2)cc(N2CCC(C)CC2)n1. The average Bonchev–Trinajstić information content (AvgIpc) is 2.66. The Kier molecular flexibility index (Phi) is 5.81. The van der Waals surface area contributed by atoms with Crippen LogP contribution in [0.4, 0.5) is 5.82 Å². The summed E-state index contributed by atoms with van der Waals surface area (Å²) in [5.74, 6) is 2.22. The van der Waals surface area contributed by atoms with Crippen LogP contribution in [0, 0.1) is 12.8 Å². The molecule has 0 saturated carbocycles. The lowest BCUT2D eigenvalue weighted by molar-refractivity contribution is 0.0790. The van der Waals surface area contributed by atoms with E-state index in [0.717, 1.165) is 44.1 Å². The molecule has 1 fully saturated rings. The van der Waals surface area contributed by atoms with E-state index in [1.165, 1.54) is 5.56 Å². The quantitative estimate of drug-likeness (QED) is 0.827. The molecule has 0 atom stereocenters. The fraction of sp³-hybridized carbons (Fsp3) is 0.500. The summed E-state index contributed by atoms with van der Waals surface area (Å²) in [5.41, 5.74) is 1.64. The van der Waals surface area contributed by atoms with E-state index in [2.05, 4.69) is 26.8 Å². The first kappa shape index (κ1) is 18.3. The van der Waals surface area contributed by atoms with Crippen molar-refractivity contribution in [2.75, 3.05) is 31.6 Å². The molecular weight excluding hydrogens is 326 g/mol. The summed E-state index contributed by atoms with van der Waals surface area (Å²) in [6, 6.07) is 5.79. The van der Waals surface area contributed by atoms with Crippen LogP contribution < -0.4 is 4.90 Å². The lowest BCUT2D eigenvalue weighted by Crippen LogP contribution is -2.34. The molecule has 138 valence electrons. The van der Waals surface area contributed by atoms with Gasteiger partial charge < -0.3 is 9.80 Å². The number of pyridine rings is 1. The number of nitrogens with zero attached hydrogens (tertiary/aromatic N) is 5. The molecule has 3 rings (SSSR count). The van der Waals surface area contributed by atoms with Crippen molar-refractivity contribution in [2.24, 2.45) is 5.92 Å². The number of hydrogen-bond donors (Lipinski definition) is 0. The molecule has 1 amide bonds. The summed E-state index contributed by atoms with van der Waals surface area (Å²) >= 11 is 0. The van der Waals surface area contributed by atoms with Gasteiger partial charge in [-0.3, -0.25) is 9.78 Å². The molecule has 1 aliphatic rings. The zero-order valence-electron chi connectivity index (χ0n) is 15.9. The molecule has 0 unspecified atom stereocenters. The molecule has 0 radical (unpaired) electrons. The Bertz CT molecular complexity index is 741. The number of piperidine rings is 1. The second kappa shape index (κ2) is 8.25. The van der Waals surface area contributed by atoms with Gasteiger partial charge in [0.1, 0.15) is 17.3 Å². The Morgan fingerprint density at radius 2 is 1.92 bits per heavy atom. The van der Waals surface area contributed by atoms with E-state index < -0.39 is 0 Å². The summed E-state index contributed by atoms with van der Waals surface area (Å²) in [6.45, 7) is 6.76. The molecule has 0 aliphatic carbocycles.